The van der Waals surface area contributed by atoms with Crippen molar-refractivity contribution in [2.75, 3.05) is 17.7 Å². The van der Waals surface area contributed by atoms with Crippen LogP contribution in [0.25, 0.3) is 10.8 Å². The zero-order chi connectivity index (χ0) is 27.9. The lowest BCUT2D eigenvalue weighted by Crippen LogP contribution is -2.47. The predicted octanol–water partition coefficient (Wildman–Crippen LogP) is 4.53. The predicted molar refractivity (Wildman–Crippen MR) is 149 cm³/mol. The molecule has 1 atom stereocenters. The van der Waals surface area contributed by atoms with Gasteiger partial charge in [-0.1, -0.05) is 59.8 Å². The largest absolute Gasteiger partial charge is 0.463 e. The number of nitrogens with two attached hydrogens (primary N) is 1. The zero-order valence-corrected chi connectivity index (χ0v) is 22.7. The maximum Gasteiger partial charge on any atom is 0.408 e. The molecule has 0 bridgehead atoms. The lowest BCUT2D eigenvalue weighted by atomic mass is 10.1. The molecular formula is C26H29ClN4O6S. The SMILES string of the molecule is CC(C)(C)OC(=O)N[C@@H](Cc1ccccc1)C(=O)Nc1ccc2c(Cl)c(OCCSC(=N)N)oc(=O)c2c1. The first-order valence-electron chi connectivity index (χ1n) is 11.6. The smallest absolute Gasteiger partial charge is 0.408 e. The van der Waals surface area contributed by atoms with E-state index in [2.05, 4.69) is 10.6 Å². The van der Waals surface area contributed by atoms with Gasteiger partial charge in [-0.3, -0.25) is 10.2 Å². The van der Waals surface area contributed by atoms with Gasteiger partial charge in [0.2, 0.25) is 5.91 Å². The van der Waals surface area contributed by atoms with E-state index in [1.807, 2.05) is 30.3 Å². The summed E-state index contributed by atoms with van der Waals surface area (Å²) in [5.74, 6) is -0.271. The summed E-state index contributed by atoms with van der Waals surface area (Å²) in [7, 11) is 0. The van der Waals surface area contributed by atoms with Gasteiger partial charge in [0.05, 0.1) is 5.39 Å². The molecule has 3 aromatic rings. The molecule has 2 aromatic carbocycles. The van der Waals surface area contributed by atoms with Crippen molar-refractivity contribution < 1.29 is 23.5 Å². The first-order chi connectivity index (χ1) is 17.9. The number of halogens is 1. The minimum atomic E-state index is -0.952. The van der Waals surface area contributed by atoms with Gasteiger partial charge in [-0.05, 0) is 38.5 Å². The molecule has 1 aromatic heterocycles. The molecular weight excluding hydrogens is 532 g/mol. The van der Waals surface area contributed by atoms with Gasteiger partial charge in [0.1, 0.15) is 23.3 Å². The highest BCUT2D eigenvalue weighted by Gasteiger charge is 2.25. The quantitative estimate of drug-likeness (QED) is 0.169. The number of ether oxygens (including phenoxy) is 2. The Balaban J connectivity index is 1.80. The molecule has 202 valence electrons. The standard InChI is InChI=1S/C26H29ClN4O6S/c1-26(2,3)37-25(34)31-19(13-15-7-5-4-6-8-15)21(32)30-16-9-10-17-18(14-16)22(33)36-23(20(17)27)35-11-12-38-24(28)29/h4-10,14,19H,11-13H2,1-3H3,(H3,28,29)(H,30,32)(H,31,34)/t19-/m0/s1. The van der Waals surface area contributed by atoms with Crippen molar-refractivity contribution in [2.24, 2.45) is 5.73 Å². The fraction of sp³-hybridized carbons (Fsp3) is 0.308. The number of carbonyl (C=O) groups is 2. The number of benzene rings is 2. The molecule has 0 aliphatic heterocycles. The number of thioether (sulfide) groups is 1. The minimum absolute atomic E-state index is 0.0541. The summed E-state index contributed by atoms with van der Waals surface area (Å²) >= 11 is 7.46. The van der Waals surface area contributed by atoms with Crippen LogP contribution in [0.5, 0.6) is 5.95 Å². The average molecular weight is 561 g/mol. The van der Waals surface area contributed by atoms with E-state index < -0.39 is 29.3 Å². The van der Waals surface area contributed by atoms with Crippen molar-refractivity contribution in [3.05, 3.63) is 69.5 Å². The van der Waals surface area contributed by atoms with Crippen molar-refractivity contribution in [1.82, 2.24) is 5.32 Å². The second kappa shape index (κ2) is 12.7. The lowest BCUT2D eigenvalue weighted by molar-refractivity contribution is -0.118. The van der Waals surface area contributed by atoms with Gasteiger partial charge in [0.15, 0.2) is 5.17 Å². The summed E-state index contributed by atoms with van der Waals surface area (Å²) < 4.78 is 16.0. The van der Waals surface area contributed by atoms with Crippen LogP contribution in [0.15, 0.2) is 57.7 Å². The molecule has 5 N–H and O–H groups in total. The summed E-state index contributed by atoms with van der Waals surface area (Å²) in [6.07, 6.45) is -0.510. The Kier molecular flexibility index (Phi) is 9.65. The Morgan fingerprint density at radius 2 is 1.87 bits per heavy atom. The zero-order valence-electron chi connectivity index (χ0n) is 21.1. The molecule has 2 amide bonds. The van der Waals surface area contributed by atoms with E-state index in [1.165, 1.54) is 6.07 Å². The summed E-state index contributed by atoms with van der Waals surface area (Å²) in [6, 6.07) is 12.8. The number of anilines is 1. The molecule has 0 unspecified atom stereocenters. The Hall–Kier alpha value is -3.70. The van der Waals surface area contributed by atoms with E-state index in [4.69, 9.17) is 36.6 Å². The second-order valence-electron chi connectivity index (χ2n) is 9.19. The number of fused-ring (bicyclic) bond motifs is 1. The Morgan fingerprint density at radius 1 is 1.16 bits per heavy atom. The van der Waals surface area contributed by atoms with Crippen LogP contribution in [-0.2, 0) is 16.0 Å². The van der Waals surface area contributed by atoms with Gasteiger partial charge in [0, 0.05) is 23.2 Å². The van der Waals surface area contributed by atoms with Crippen LogP contribution in [0, 0.1) is 5.41 Å². The number of hydrogen-bond acceptors (Lipinski definition) is 8. The fourth-order valence-electron chi connectivity index (χ4n) is 3.39. The number of amides is 2. The van der Waals surface area contributed by atoms with Crippen LogP contribution in [0.4, 0.5) is 10.5 Å². The topological polar surface area (TPSA) is 157 Å². The number of nitrogens with one attached hydrogen (secondary N) is 3. The van der Waals surface area contributed by atoms with Gasteiger partial charge < -0.3 is 30.3 Å². The third kappa shape index (κ3) is 8.42. The van der Waals surface area contributed by atoms with Crippen LogP contribution in [0.1, 0.15) is 26.3 Å². The van der Waals surface area contributed by atoms with E-state index >= 15 is 0 Å². The summed E-state index contributed by atoms with van der Waals surface area (Å²) in [5, 5.41) is 13.1. The molecule has 0 spiro atoms. The number of rotatable bonds is 9. The van der Waals surface area contributed by atoms with Crippen LogP contribution >= 0.6 is 23.4 Å². The van der Waals surface area contributed by atoms with Gasteiger partial charge >= 0.3 is 17.7 Å². The highest BCUT2D eigenvalue weighted by molar-refractivity contribution is 8.13. The monoisotopic (exact) mass is 560 g/mol. The minimum Gasteiger partial charge on any atom is -0.463 e. The summed E-state index contributed by atoms with van der Waals surface area (Å²) in [5.41, 5.74) is 4.99. The number of alkyl carbamates (subject to hydrolysis) is 1. The Bertz CT molecular complexity index is 1370. The summed E-state index contributed by atoms with van der Waals surface area (Å²) in [4.78, 5) is 38.3. The van der Waals surface area contributed by atoms with Crippen molar-refractivity contribution in [3.8, 4) is 5.95 Å². The molecule has 10 nitrogen and oxygen atoms in total. The summed E-state index contributed by atoms with van der Waals surface area (Å²) in [6.45, 7) is 5.31. The maximum atomic E-state index is 13.2. The molecule has 0 aliphatic carbocycles. The van der Waals surface area contributed by atoms with Gasteiger partial charge in [-0.2, -0.15) is 0 Å². The molecule has 0 saturated heterocycles. The first kappa shape index (κ1) is 28.9. The molecule has 38 heavy (non-hydrogen) atoms. The number of amidine groups is 1. The van der Waals surface area contributed by atoms with Crippen LogP contribution < -0.4 is 26.7 Å². The highest BCUT2D eigenvalue weighted by atomic mass is 35.5. The van der Waals surface area contributed by atoms with Crippen molar-refractivity contribution >= 4 is 57.0 Å². The Labute approximate surface area is 228 Å². The van der Waals surface area contributed by atoms with Crippen LogP contribution in [0.3, 0.4) is 0 Å². The van der Waals surface area contributed by atoms with Crippen molar-refractivity contribution in [3.63, 3.8) is 0 Å². The molecule has 1 heterocycles. The number of hydrogen-bond donors (Lipinski definition) is 4. The average Bonchev–Trinajstić information content (AvgIpc) is 2.83. The van der Waals surface area contributed by atoms with Gasteiger partial charge in [-0.25, -0.2) is 9.59 Å². The van der Waals surface area contributed by atoms with E-state index in [1.54, 1.807) is 32.9 Å². The van der Waals surface area contributed by atoms with Crippen LogP contribution in [-0.4, -0.2) is 41.2 Å². The maximum absolute atomic E-state index is 13.2. The third-order valence-corrected chi connectivity index (χ3v) is 6.01. The van der Waals surface area contributed by atoms with Crippen molar-refractivity contribution in [2.45, 2.75) is 38.8 Å². The lowest BCUT2D eigenvalue weighted by Gasteiger charge is -2.23. The molecule has 3 rings (SSSR count). The van der Waals surface area contributed by atoms with E-state index in [9.17, 15) is 14.4 Å². The Morgan fingerprint density at radius 3 is 2.53 bits per heavy atom. The first-order valence-corrected chi connectivity index (χ1v) is 13.0. The van der Waals surface area contributed by atoms with E-state index in [-0.39, 0.29) is 34.6 Å². The molecule has 0 radical (unpaired) electrons. The van der Waals surface area contributed by atoms with Gasteiger partial charge in [0.25, 0.3) is 0 Å². The second-order valence-corrected chi connectivity index (χ2v) is 10.7. The van der Waals surface area contributed by atoms with E-state index in [0.717, 1.165) is 17.3 Å². The van der Waals surface area contributed by atoms with Crippen molar-refractivity contribution in [1.29, 1.82) is 5.41 Å². The fourth-order valence-corrected chi connectivity index (χ4v) is 4.04. The van der Waals surface area contributed by atoms with Crippen LogP contribution in [0.2, 0.25) is 5.02 Å². The number of carbonyl (C=O) groups excluding carboxylic acids is 2. The molecule has 0 fully saturated rings. The highest BCUT2D eigenvalue weighted by Crippen LogP contribution is 2.32. The van der Waals surface area contributed by atoms with Gasteiger partial charge in [-0.15, -0.1) is 0 Å². The normalized spacial score (nSPS) is 12.0. The van der Waals surface area contributed by atoms with E-state index in [0.29, 0.717) is 16.8 Å². The molecule has 0 saturated carbocycles. The molecule has 12 heteroatoms. The third-order valence-electron chi connectivity index (χ3n) is 4.97. The molecule has 0 aliphatic rings.